The van der Waals surface area contributed by atoms with Crippen molar-refractivity contribution in [3.05, 3.63) is 60.2 Å². The Morgan fingerprint density at radius 3 is 3.06 bits per heavy atom. The maximum absolute atomic E-state index is 12.6. The van der Waals surface area contributed by atoms with Gasteiger partial charge in [-0.05, 0) is 37.1 Å². The number of aromatic amines is 1. The van der Waals surface area contributed by atoms with Crippen LogP contribution in [0.1, 0.15) is 18.5 Å². The van der Waals surface area contributed by atoms with Crippen molar-refractivity contribution >= 4 is 40.0 Å². The van der Waals surface area contributed by atoms with E-state index >= 15 is 0 Å². The number of nitrogens with zero attached hydrogens (tertiary/aromatic N) is 5. The first-order valence-corrected chi connectivity index (χ1v) is 11.1. The second-order valence-electron chi connectivity index (χ2n) is 7.93. The number of halogens is 1. The van der Waals surface area contributed by atoms with E-state index in [4.69, 9.17) is 11.6 Å². The highest BCUT2D eigenvalue weighted by molar-refractivity contribution is 6.35. The van der Waals surface area contributed by atoms with Crippen LogP contribution in [0.2, 0.25) is 5.02 Å². The average Bonchev–Trinajstić information content (AvgIpc) is 3.56. The predicted octanol–water partition coefficient (Wildman–Crippen LogP) is 2.76. The van der Waals surface area contributed by atoms with Gasteiger partial charge in [0.15, 0.2) is 0 Å². The number of hydrogen-bond donors (Lipinski definition) is 2. The van der Waals surface area contributed by atoms with E-state index in [9.17, 15) is 9.59 Å². The van der Waals surface area contributed by atoms with Gasteiger partial charge in [-0.3, -0.25) is 9.59 Å². The molecule has 1 aliphatic heterocycles. The number of H-pyrrole nitrogens is 1. The van der Waals surface area contributed by atoms with Gasteiger partial charge in [-0.25, -0.2) is 4.98 Å². The molecule has 4 aromatic rings. The molecule has 1 atom stereocenters. The maximum atomic E-state index is 12.6. The molecule has 4 aromatic heterocycles. The number of carbonyl (C=O) groups is 2. The molecule has 2 amide bonds. The highest BCUT2D eigenvalue weighted by atomic mass is 35.5. The summed E-state index contributed by atoms with van der Waals surface area (Å²) in [6.45, 7) is 4.53. The molecule has 0 saturated carbocycles. The van der Waals surface area contributed by atoms with Crippen molar-refractivity contribution < 1.29 is 9.59 Å². The fourth-order valence-electron chi connectivity index (χ4n) is 4.40. The van der Waals surface area contributed by atoms with E-state index in [2.05, 4.69) is 32.1 Å². The van der Waals surface area contributed by atoms with Gasteiger partial charge in [0.25, 0.3) is 0 Å². The largest absolute Gasteiger partial charge is 0.354 e. The molecular weight excluding hydrogens is 442 g/mol. The SMILES string of the molecule is C=CC(=O)N1CCC[C@H]1C(=O)NCCc1cc2c(-c3cnn4ncccc34)c(Cl)cnc2[nH]1. The van der Waals surface area contributed by atoms with Gasteiger partial charge < -0.3 is 15.2 Å². The molecule has 5 rings (SSSR count). The van der Waals surface area contributed by atoms with Crippen molar-refractivity contribution in [1.29, 1.82) is 0 Å². The van der Waals surface area contributed by atoms with Crippen LogP contribution >= 0.6 is 11.6 Å². The Bertz CT molecular complexity index is 1380. The predicted molar refractivity (Wildman–Crippen MR) is 125 cm³/mol. The summed E-state index contributed by atoms with van der Waals surface area (Å²) in [5, 5.41) is 12.9. The number of rotatable bonds is 6. The Morgan fingerprint density at radius 1 is 1.33 bits per heavy atom. The minimum absolute atomic E-state index is 0.139. The van der Waals surface area contributed by atoms with E-state index in [1.165, 1.54) is 6.08 Å². The van der Waals surface area contributed by atoms with Gasteiger partial charge in [-0.15, -0.1) is 0 Å². The standard InChI is InChI=1S/C23H22ClN7O2/c1-2-20(32)30-10-4-6-19(30)23(33)25-9-7-14-11-15-21(17(24)13-26-22(15)29-14)16-12-28-31-18(16)5-3-8-27-31/h2-3,5,8,11-13,19H,1,4,6-7,9-10H2,(H,25,33)(H,26,29)/t19-/m0/s1. The smallest absolute Gasteiger partial charge is 0.246 e. The molecule has 33 heavy (non-hydrogen) atoms. The number of amides is 2. The number of carbonyl (C=O) groups excluding carboxylic acids is 2. The monoisotopic (exact) mass is 463 g/mol. The van der Waals surface area contributed by atoms with E-state index in [0.717, 1.165) is 34.1 Å². The Labute approximate surface area is 194 Å². The molecular formula is C23H22ClN7O2. The molecule has 0 aliphatic carbocycles. The summed E-state index contributed by atoms with van der Waals surface area (Å²) in [7, 11) is 0. The van der Waals surface area contributed by atoms with Crippen LogP contribution in [-0.4, -0.2) is 60.6 Å². The Balaban J connectivity index is 1.34. The van der Waals surface area contributed by atoms with E-state index in [-0.39, 0.29) is 11.8 Å². The summed E-state index contributed by atoms with van der Waals surface area (Å²) in [5.41, 5.74) is 4.17. The summed E-state index contributed by atoms with van der Waals surface area (Å²) >= 11 is 6.54. The van der Waals surface area contributed by atoms with Crippen LogP contribution < -0.4 is 5.32 Å². The van der Waals surface area contributed by atoms with E-state index < -0.39 is 6.04 Å². The lowest BCUT2D eigenvalue weighted by Crippen LogP contribution is -2.45. The molecule has 2 N–H and O–H groups in total. The van der Waals surface area contributed by atoms with Crippen LogP contribution in [0.25, 0.3) is 27.7 Å². The van der Waals surface area contributed by atoms with Crippen LogP contribution in [0.5, 0.6) is 0 Å². The zero-order valence-corrected chi connectivity index (χ0v) is 18.5. The third-order valence-electron chi connectivity index (χ3n) is 5.95. The van der Waals surface area contributed by atoms with Gasteiger partial charge in [0.1, 0.15) is 11.7 Å². The van der Waals surface area contributed by atoms with Crippen LogP contribution in [0, 0.1) is 0 Å². The molecule has 0 aromatic carbocycles. The highest BCUT2D eigenvalue weighted by Gasteiger charge is 2.32. The summed E-state index contributed by atoms with van der Waals surface area (Å²) < 4.78 is 1.56. The fourth-order valence-corrected chi connectivity index (χ4v) is 4.65. The normalized spacial score (nSPS) is 15.9. The van der Waals surface area contributed by atoms with Crippen molar-refractivity contribution in [2.45, 2.75) is 25.3 Å². The summed E-state index contributed by atoms with van der Waals surface area (Å²) in [5.74, 6) is -0.346. The first kappa shape index (κ1) is 21.1. The lowest BCUT2D eigenvalue weighted by molar-refractivity contribution is -0.135. The zero-order valence-electron chi connectivity index (χ0n) is 17.8. The number of aromatic nitrogens is 5. The number of hydrogen-bond acceptors (Lipinski definition) is 5. The van der Waals surface area contributed by atoms with Crippen LogP contribution in [0.3, 0.4) is 0 Å². The second-order valence-corrected chi connectivity index (χ2v) is 8.34. The zero-order chi connectivity index (χ0) is 22.9. The fraction of sp³-hybridized carbons (Fsp3) is 0.261. The first-order chi connectivity index (χ1) is 16.1. The summed E-state index contributed by atoms with van der Waals surface area (Å²) in [6, 6.07) is 5.35. The van der Waals surface area contributed by atoms with E-state index in [0.29, 0.717) is 36.6 Å². The average molecular weight is 464 g/mol. The summed E-state index contributed by atoms with van der Waals surface area (Å²) in [4.78, 5) is 33.9. The quantitative estimate of drug-likeness (QED) is 0.427. The van der Waals surface area contributed by atoms with E-state index in [1.54, 1.807) is 28.1 Å². The number of likely N-dealkylation sites (tertiary alicyclic amines) is 1. The third-order valence-corrected chi connectivity index (χ3v) is 6.23. The van der Waals surface area contributed by atoms with Gasteiger partial charge in [-0.2, -0.15) is 14.8 Å². The number of nitrogens with one attached hydrogen (secondary N) is 2. The molecule has 0 radical (unpaired) electrons. The van der Waals surface area contributed by atoms with Crippen LogP contribution in [0.4, 0.5) is 0 Å². The first-order valence-electron chi connectivity index (χ1n) is 10.7. The Hall–Kier alpha value is -3.72. The van der Waals surface area contributed by atoms with Crippen molar-refractivity contribution in [1.82, 2.24) is 35.0 Å². The van der Waals surface area contributed by atoms with Gasteiger partial charge in [0.05, 0.1) is 16.7 Å². The molecule has 1 saturated heterocycles. The maximum Gasteiger partial charge on any atom is 0.246 e. The Morgan fingerprint density at radius 2 is 2.21 bits per heavy atom. The topological polar surface area (TPSA) is 108 Å². The number of fused-ring (bicyclic) bond motifs is 2. The molecule has 168 valence electrons. The van der Waals surface area contributed by atoms with Crippen LogP contribution in [0.15, 0.2) is 49.4 Å². The molecule has 5 heterocycles. The van der Waals surface area contributed by atoms with Crippen molar-refractivity contribution in [2.75, 3.05) is 13.1 Å². The molecule has 10 heteroatoms. The van der Waals surface area contributed by atoms with Crippen LogP contribution in [-0.2, 0) is 16.0 Å². The van der Waals surface area contributed by atoms with Gasteiger partial charge in [0, 0.05) is 54.1 Å². The Kier molecular flexibility index (Phi) is 5.55. The lowest BCUT2D eigenvalue weighted by atomic mass is 10.1. The molecule has 0 spiro atoms. The van der Waals surface area contributed by atoms with Crippen molar-refractivity contribution in [2.24, 2.45) is 0 Å². The summed E-state index contributed by atoms with van der Waals surface area (Å²) in [6.07, 6.45) is 8.35. The van der Waals surface area contributed by atoms with Gasteiger partial charge in [-0.1, -0.05) is 18.2 Å². The molecule has 1 aliphatic rings. The minimum atomic E-state index is -0.436. The van der Waals surface area contributed by atoms with Gasteiger partial charge in [0.2, 0.25) is 11.8 Å². The molecule has 1 fully saturated rings. The number of pyridine rings is 1. The second kappa shape index (κ2) is 8.67. The highest BCUT2D eigenvalue weighted by Crippen LogP contribution is 2.36. The molecule has 0 bridgehead atoms. The molecule has 0 unspecified atom stereocenters. The van der Waals surface area contributed by atoms with Crippen molar-refractivity contribution in [3.8, 4) is 11.1 Å². The minimum Gasteiger partial charge on any atom is -0.354 e. The third kappa shape index (κ3) is 3.84. The van der Waals surface area contributed by atoms with Gasteiger partial charge >= 0.3 is 0 Å². The van der Waals surface area contributed by atoms with E-state index in [1.807, 2.05) is 18.2 Å². The van der Waals surface area contributed by atoms with Crippen molar-refractivity contribution in [3.63, 3.8) is 0 Å². The molecule has 9 nitrogen and oxygen atoms in total. The lowest BCUT2D eigenvalue weighted by Gasteiger charge is -2.22.